The van der Waals surface area contributed by atoms with E-state index in [4.69, 9.17) is 4.74 Å². The number of rotatable bonds is 9. The molecular formula is C16H26N2O4S. The topological polar surface area (TPSA) is 75.7 Å². The molecule has 0 atom stereocenters. The molecule has 0 radical (unpaired) electrons. The average Bonchev–Trinajstić information content (AvgIpc) is 2.45. The molecule has 0 bridgehead atoms. The van der Waals surface area contributed by atoms with Gasteiger partial charge in [0.1, 0.15) is 5.75 Å². The molecule has 0 aromatic heterocycles. The fraction of sp³-hybridized carbons (Fsp3) is 0.562. The van der Waals surface area contributed by atoms with Gasteiger partial charge in [-0.3, -0.25) is 4.79 Å². The van der Waals surface area contributed by atoms with E-state index in [0.717, 1.165) is 11.3 Å². The second kappa shape index (κ2) is 8.88. The molecule has 0 aliphatic rings. The molecule has 1 rings (SSSR count). The zero-order valence-electron chi connectivity index (χ0n) is 14.2. The summed E-state index contributed by atoms with van der Waals surface area (Å²) in [5.41, 5.74) is 1.02. The SMILES string of the molecule is COc1ccc(CCN(CCC(=O)NC(C)C)S(C)(=O)=O)cc1. The number of carbonyl (C=O) groups is 1. The van der Waals surface area contributed by atoms with E-state index in [1.54, 1.807) is 7.11 Å². The van der Waals surface area contributed by atoms with Crippen LogP contribution in [-0.2, 0) is 21.2 Å². The van der Waals surface area contributed by atoms with Crippen LogP contribution in [0.1, 0.15) is 25.8 Å². The van der Waals surface area contributed by atoms with Crippen LogP contribution in [0.3, 0.4) is 0 Å². The maximum atomic E-state index is 11.9. The molecule has 0 aliphatic carbocycles. The van der Waals surface area contributed by atoms with Crippen LogP contribution in [-0.4, -0.2) is 51.1 Å². The third-order valence-electron chi connectivity index (χ3n) is 3.32. The summed E-state index contributed by atoms with van der Waals surface area (Å²) < 4.78 is 30.2. The van der Waals surface area contributed by atoms with Gasteiger partial charge < -0.3 is 10.1 Å². The molecule has 1 aromatic carbocycles. The highest BCUT2D eigenvalue weighted by Gasteiger charge is 2.18. The van der Waals surface area contributed by atoms with Gasteiger partial charge in [-0.05, 0) is 38.0 Å². The van der Waals surface area contributed by atoms with Gasteiger partial charge in [0.15, 0.2) is 0 Å². The lowest BCUT2D eigenvalue weighted by Gasteiger charge is -2.20. The van der Waals surface area contributed by atoms with Gasteiger partial charge in [-0.15, -0.1) is 0 Å². The second-order valence-corrected chi connectivity index (χ2v) is 7.71. The Morgan fingerprint density at radius 1 is 1.22 bits per heavy atom. The summed E-state index contributed by atoms with van der Waals surface area (Å²) in [5.74, 6) is 0.622. The van der Waals surface area contributed by atoms with Crippen LogP contribution in [0.5, 0.6) is 5.75 Å². The Hall–Kier alpha value is -1.60. The largest absolute Gasteiger partial charge is 0.497 e. The predicted molar refractivity (Wildman–Crippen MR) is 91.0 cm³/mol. The van der Waals surface area contributed by atoms with Crippen molar-refractivity contribution >= 4 is 15.9 Å². The molecule has 1 amide bonds. The predicted octanol–water partition coefficient (Wildman–Crippen LogP) is 1.41. The lowest BCUT2D eigenvalue weighted by Crippen LogP contribution is -2.37. The summed E-state index contributed by atoms with van der Waals surface area (Å²) in [6.07, 6.45) is 1.91. The molecule has 0 saturated heterocycles. The molecular weight excluding hydrogens is 316 g/mol. The van der Waals surface area contributed by atoms with Crippen LogP contribution in [0.4, 0.5) is 0 Å². The smallest absolute Gasteiger partial charge is 0.221 e. The van der Waals surface area contributed by atoms with Crippen LogP contribution >= 0.6 is 0 Å². The third-order valence-corrected chi connectivity index (χ3v) is 4.62. The third kappa shape index (κ3) is 7.47. The number of sulfonamides is 1. The average molecular weight is 342 g/mol. The van der Waals surface area contributed by atoms with Gasteiger partial charge >= 0.3 is 0 Å². The summed E-state index contributed by atoms with van der Waals surface area (Å²) in [6.45, 7) is 4.28. The second-order valence-electron chi connectivity index (χ2n) is 5.73. The van der Waals surface area contributed by atoms with Crippen molar-refractivity contribution in [2.45, 2.75) is 32.7 Å². The highest BCUT2D eigenvalue weighted by atomic mass is 32.2. The molecule has 23 heavy (non-hydrogen) atoms. The van der Waals surface area contributed by atoms with Gasteiger partial charge in [0, 0.05) is 25.6 Å². The molecule has 0 spiro atoms. The van der Waals surface area contributed by atoms with Gasteiger partial charge in [-0.1, -0.05) is 12.1 Å². The van der Waals surface area contributed by atoms with Crippen LogP contribution in [0, 0.1) is 0 Å². The molecule has 0 saturated carbocycles. The van der Waals surface area contributed by atoms with Crippen LogP contribution in [0.25, 0.3) is 0 Å². The van der Waals surface area contributed by atoms with Crippen LogP contribution in [0.15, 0.2) is 24.3 Å². The van der Waals surface area contributed by atoms with Crippen molar-refractivity contribution in [3.63, 3.8) is 0 Å². The van der Waals surface area contributed by atoms with Gasteiger partial charge in [-0.25, -0.2) is 12.7 Å². The highest BCUT2D eigenvalue weighted by Crippen LogP contribution is 2.12. The van der Waals surface area contributed by atoms with E-state index < -0.39 is 10.0 Å². The standard InChI is InChI=1S/C16H26N2O4S/c1-13(2)17-16(19)10-12-18(23(4,20)21)11-9-14-5-7-15(22-3)8-6-14/h5-8,13H,9-12H2,1-4H3,(H,17,19). The number of ether oxygens (including phenoxy) is 1. The minimum atomic E-state index is -3.34. The first-order chi connectivity index (χ1) is 10.7. The quantitative estimate of drug-likeness (QED) is 0.736. The summed E-state index contributed by atoms with van der Waals surface area (Å²) in [5, 5.41) is 2.76. The Morgan fingerprint density at radius 2 is 1.83 bits per heavy atom. The number of hydrogen-bond acceptors (Lipinski definition) is 4. The maximum Gasteiger partial charge on any atom is 0.221 e. The van der Waals surface area contributed by atoms with E-state index in [2.05, 4.69) is 5.32 Å². The molecule has 1 aromatic rings. The zero-order chi connectivity index (χ0) is 17.5. The Bertz CT molecular complexity index is 597. The molecule has 0 unspecified atom stereocenters. The van der Waals surface area contributed by atoms with Crippen molar-refractivity contribution in [2.75, 3.05) is 26.5 Å². The number of nitrogens with zero attached hydrogens (tertiary/aromatic N) is 1. The van der Waals surface area contributed by atoms with Crippen molar-refractivity contribution < 1.29 is 17.9 Å². The monoisotopic (exact) mass is 342 g/mol. The van der Waals surface area contributed by atoms with Gasteiger partial charge in [0.25, 0.3) is 0 Å². The van der Waals surface area contributed by atoms with E-state index in [1.165, 1.54) is 10.6 Å². The maximum absolute atomic E-state index is 11.9. The Balaban J connectivity index is 2.59. The number of benzene rings is 1. The van der Waals surface area contributed by atoms with Crippen LogP contribution < -0.4 is 10.1 Å². The zero-order valence-corrected chi connectivity index (χ0v) is 15.0. The van der Waals surface area contributed by atoms with Gasteiger partial charge in [-0.2, -0.15) is 0 Å². The van der Waals surface area contributed by atoms with Crippen molar-refractivity contribution in [2.24, 2.45) is 0 Å². The number of amides is 1. The Morgan fingerprint density at radius 3 is 2.30 bits per heavy atom. The van der Waals surface area contributed by atoms with Crippen molar-refractivity contribution in [1.82, 2.24) is 9.62 Å². The van der Waals surface area contributed by atoms with Crippen molar-refractivity contribution in [3.05, 3.63) is 29.8 Å². The first-order valence-corrected chi connectivity index (χ1v) is 9.44. The summed E-state index contributed by atoms with van der Waals surface area (Å²) in [7, 11) is -1.74. The normalized spacial score (nSPS) is 11.7. The van der Waals surface area contributed by atoms with Gasteiger partial charge in [0.05, 0.1) is 13.4 Å². The molecule has 6 nitrogen and oxygen atoms in total. The van der Waals surface area contributed by atoms with Gasteiger partial charge in [0.2, 0.25) is 15.9 Å². The summed E-state index contributed by atoms with van der Waals surface area (Å²) in [6, 6.07) is 7.55. The van der Waals surface area contributed by atoms with E-state index in [9.17, 15) is 13.2 Å². The fourth-order valence-electron chi connectivity index (χ4n) is 2.11. The molecule has 0 heterocycles. The summed E-state index contributed by atoms with van der Waals surface area (Å²) >= 11 is 0. The molecule has 0 fully saturated rings. The van der Waals surface area contributed by atoms with E-state index in [0.29, 0.717) is 13.0 Å². The Labute approximate surface area is 138 Å². The molecule has 1 N–H and O–H groups in total. The first-order valence-electron chi connectivity index (χ1n) is 7.59. The lowest BCUT2D eigenvalue weighted by atomic mass is 10.1. The highest BCUT2D eigenvalue weighted by molar-refractivity contribution is 7.88. The number of methoxy groups -OCH3 is 1. The fourth-order valence-corrected chi connectivity index (χ4v) is 2.96. The summed E-state index contributed by atoms with van der Waals surface area (Å²) in [4.78, 5) is 11.7. The van der Waals surface area contributed by atoms with Crippen LogP contribution in [0.2, 0.25) is 0 Å². The number of hydrogen-bond donors (Lipinski definition) is 1. The molecule has 130 valence electrons. The minimum absolute atomic E-state index is 0.0495. The van der Waals surface area contributed by atoms with Crippen molar-refractivity contribution in [3.8, 4) is 5.75 Å². The van der Waals surface area contributed by atoms with E-state index >= 15 is 0 Å². The Kier molecular flexibility index (Phi) is 7.51. The lowest BCUT2D eigenvalue weighted by molar-refractivity contribution is -0.121. The molecule has 0 aliphatic heterocycles. The first kappa shape index (κ1) is 19.4. The number of nitrogens with one attached hydrogen (secondary N) is 1. The minimum Gasteiger partial charge on any atom is -0.497 e. The molecule has 7 heteroatoms. The van der Waals surface area contributed by atoms with E-state index in [1.807, 2.05) is 38.1 Å². The van der Waals surface area contributed by atoms with Crippen molar-refractivity contribution in [1.29, 1.82) is 0 Å². The van der Waals surface area contributed by atoms with E-state index in [-0.39, 0.29) is 24.9 Å². The number of carbonyl (C=O) groups excluding carboxylic acids is 1.